The smallest absolute Gasteiger partial charge is 0.150 e. The predicted octanol–water partition coefficient (Wildman–Crippen LogP) is 2.75. The molecule has 0 saturated carbocycles. The summed E-state index contributed by atoms with van der Waals surface area (Å²) in [5, 5.41) is 0. The lowest BCUT2D eigenvalue weighted by Gasteiger charge is -2.25. The number of nitrogens with zero attached hydrogens (tertiary/aromatic N) is 2. The Hall–Kier alpha value is -1.74. The van der Waals surface area contributed by atoms with Crippen molar-refractivity contribution in [2.24, 2.45) is 4.99 Å². The molecular formula is C12H11ClN2O. The Labute approximate surface area is 100 Å². The lowest BCUT2D eigenvalue weighted by molar-refractivity contribution is 0.485. The first-order valence-electron chi connectivity index (χ1n) is 4.87. The molecule has 0 aromatic heterocycles. The van der Waals surface area contributed by atoms with Gasteiger partial charge in [0.25, 0.3) is 0 Å². The molecule has 1 aromatic carbocycles. The second-order valence-corrected chi connectivity index (χ2v) is 3.38. The van der Waals surface area contributed by atoms with E-state index in [4.69, 9.17) is 4.74 Å². The van der Waals surface area contributed by atoms with Crippen LogP contribution in [-0.4, -0.2) is 12.8 Å². The Morgan fingerprint density at radius 1 is 1.25 bits per heavy atom. The van der Waals surface area contributed by atoms with E-state index in [2.05, 4.69) is 16.0 Å². The van der Waals surface area contributed by atoms with Crippen molar-refractivity contribution in [2.75, 3.05) is 11.4 Å². The van der Waals surface area contributed by atoms with Crippen LogP contribution in [0.5, 0.6) is 5.75 Å². The van der Waals surface area contributed by atoms with Gasteiger partial charge >= 0.3 is 0 Å². The molecular weight excluding hydrogens is 224 g/mol. The fourth-order valence-corrected chi connectivity index (χ4v) is 1.76. The van der Waals surface area contributed by atoms with Gasteiger partial charge in [0.2, 0.25) is 0 Å². The molecule has 1 aromatic rings. The minimum absolute atomic E-state index is 0. The number of aliphatic imine (C=N–C) groups is 1. The standard InChI is InChI=1S/C12H10N2O.ClH/c1-2-4-12-11(3-1)14-7-6-13-9-10(14)5-8-15-12;/h1-6,8-9H,7H2;1H. The summed E-state index contributed by atoms with van der Waals surface area (Å²) in [7, 11) is 0. The van der Waals surface area contributed by atoms with Crippen LogP contribution in [0.3, 0.4) is 0 Å². The lowest BCUT2D eigenvalue weighted by Crippen LogP contribution is -2.25. The Bertz CT molecular complexity index is 480. The molecule has 82 valence electrons. The van der Waals surface area contributed by atoms with E-state index in [0.717, 1.165) is 23.7 Å². The first-order valence-corrected chi connectivity index (χ1v) is 4.87. The van der Waals surface area contributed by atoms with Crippen molar-refractivity contribution in [3.63, 3.8) is 0 Å². The van der Waals surface area contributed by atoms with Crippen LogP contribution in [0.15, 0.2) is 53.5 Å². The topological polar surface area (TPSA) is 24.8 Å². The number of hydrogen-bond acceptors (Lipinski definition) is 3. The SMILES string of the molecule is C1=CC2=CN=CCN2c2ccccc2O1.Cl. The highest BCUT2D eigenvalue weighted by Crippen LogP contribution is 2.33. The van der Waals surface area contributed by atoms with E-state index in [9.17, 15) is 0 Å². The molecule has 3 nitrogen and oxygen atoms in total. The van der Waals surface area contributed by atoms with Gasteiger partial charge in [-0.05, 0) is 18.2 Å². The molecule has 2 aliphatic rings. The molecule has 0 spiro atoms. The summed E-state index contributed by atoms with van der Waals surface area (Å²) in [6, 6.07) is 8.00. The maximum absolute atomic E-state index is 5.52. The number of ether oxygens (including phenoxy) is 1. The van der Waals surface area contributed by atoms with E-state index in [-0.39, 0.29) is 12.4 Å². The minimum Gasteiger partial charge on any atom is -0.463 e. The molecule has 3 rings (SSSR count). The monoisotopic (exact) mass is 234 g/mol. The van der Waals surface area contributed by atoms with E-state index in [1.165, 1.54) is 0 Å². The van der Waals surface area contributed by atoms with Gasteiger partial charge in [-0.2, -0.15) is 0 Å². The normalized spacial score (nSPS) is 16.2. The molecule has 0 unspecified atom stereocenters. The second-order valence-electron chi connectivity index (χ2n) is 3.38. The van der Waals surface area contributed by atoms with Crippen molar-refractivity contribution in [3.05, 3.63) is 48.5 Å². The number of benzene rings is 1. The van der Waals surface area contributed by atoms with Crippen LogP contribution >= 0.6 is 12.4 Å². The average molecular weight is 235 g/mol. The summed E-state index contributed by atoms with van der Waals surface area (Å²) >= 11 is 0. The largest absolute Gasteiger partial charge is 0.463 e. The van der Waals surface area contributed by atoms with E-state index in [1.54, 1.807) is 6.26 Å². The van der Waals surface area contributed by atoms with E-state index in [1.807, 2.05) is 36.7 Å². The molecule has 2 heterocycles. The molecule has 0 fully saturated rings. The van der Waals surface area contributed by atoms with Crippen LogP contribution in [-0.2, 0) is 0 Å². The van der Waals surface area contributed by atoms with Gasteiger partial charge in [0.15, 0.2) is 0 Å². The van der Waals surface area contributed by atoms with Crippen LogP contribution in [0.4, 0.5) is 5.69 Å². The molecule has 16 heavy (non-hydrogen) atoms. The summed E-state index contributed by atoms with van der Waals surface area (Å²) < 4.78 is 5.52. The van der Waals surface area contributed by atoms with Crippen molar-refractivity contribution in [1.29, 1.82) is 0 Å². The molecule has 0 amide bonds. The van der Waals surface area contributed by atoms with Gasteiger partial charge in [0.1, 0.15) is 5.75 Å². The lowest BCUT2D eigenvalue weighted by atomic mass is 10.2. The number of allylic oxidation sites excluding steroid dienone is 1. The van der Waals surface area contributed by atoms with Crippen LogP contribution in [0, 0.1) is 0 Å². The zero-order valence-electron chi connectivity index (χ0n) is 8.54. The maximum Gasteiger partial charge on any atom is 0.150 e. The van der Waals surface area contributed by atoms with Gasteiger partial charge in [-0.1, -0.05) is 12.1 Å². The summed E-state index contributed by atoms with van der Waals surface area (Å²) in [6.45, 7) is 0.788. The van der Waals surface area contributed by atoms with Crippen molar-refractivity contribution >= 4 is 24.3 Å². The molecule has 0 atom stereocenters. The predicted molar refractivity (Wildman–Crippen MR) is 67.4 cm³/mol. The molecule has 0 bridgehead atoms. The second kappa shape index (κ2) is 4.41. The number of anilines is 1. The fourth-order valence-electron chi connectivity index (χ4n) is 1.76. The third-order valence-corrected chi connectivity index (χ3v) is 2.48. The number of para-hydroxylation sites is 2. The quantitative estimate of drug-likeness (QED) is 0.690. The van der Waals surface area contributed by atoms with Gasteiger partial charge in [0.05, 0.1) is 30.4 Å². The van der Waals surface area contributed by atoms with Crippen LogP contribution in [0.1, 0.15) is 0 Å². The summed E-state index contributed by atoms with van der Waals surface area (Å²) in [6.07, 6.45) is 7.35. The maximum atomic E-state index is 5.52. The minimum atomic E-state index is 0. The number of halogens is 1. The zero-order valence-corrected chi connectivity index (χ0v) is 9.35. The number of rotatable bonds is 0. The Morgan fingerprint density at radius 2 is 2.12 bits per heavy atom. The molecule has 0 saturated heterocycles. The Balaban J connectivity index is 0.000000963. The van der Waals surface area contributed by atoms with Crippen molar-refractivity contribution in [1.82, 2.24) is 0 Å². The van der Waals surface area contributed by atoms with E-state index in [0.29, 0.717) is 0 Å². The molecule has 0 N–H and O–H groups in total. The van der Waals surface area contributed by atoms with Crippen LogP contribution in [0.2, 0.25) is 0 Å². The summed E-state index contributed by atoms with van der Waals surface area (Å²) in [5.74, 6) is 0.882. The third kappa shape index (κ3) is 1.70. The first kappa shape index (κ1) is 10.8. The van der Waals surface area contributed by atoms with Gasteiger partial charge < -0.3 is 9.64 Å². The highest BCUT2D eigenvalue weighted by molar-refractivity contribution is 5.85. The number of hydrogen-bond donors (Lipinski definition) is 0. The van der Waals surface area contributed by atoms with Gasteiger partial charge in [-0.15, -0.1) is 12.4 Å². The molecule has 4 heteroatoms. The Kier molecular flexibility index (Phi) is 2.97. The first-order chi connectivity index (χ1) is 7.45. The Morgan fingerprint density at radius 3 is 3.06 bits per heavy atom. The van der Waals surface area contributed by atoms with Gasteiger partial charge in [0, 0.05) is 6.21 Å². The van der Waals surface area contributed by atoms with Crippen LogP contribution < -0.4 is 9.64 Å². The van der Waals surface area contributed by atoms with Gasteiger partial charge in [-0.3, -0.25) is 4.99 Å². The fraction of sp³-hybridized carbons (Fsp3) is 0.0833. The number of fused-ring (bicyclic) bond motifs is 3. The molecule has 0 aliphatic carbocycles. The summed E-state index contributed by atoms with van der Waals surface area (Å²) in [4.78, 5) is 6.31. The van der Waals surface area contributed by atoms with E-state index >= 15 is 0 Å². The molecule has 2 aliphatic heterocycles. The van der Waals surface area contributed by atoms with Crippen LogP contribution in [0.25, 0.3) is 0 Å². The zero-order chi connectivity index (χ0) is 10.1. The van der Waals surface area contributed by atoms with Crippen molar-refractivity contribution in [3.8, 4) is 5.75 Å². The highest BCUT2D eigenvalue weighted by atomic mass is 35.5. The van der Waals surface area contributed by atoms with E-state index < -0.39 is 0 Å². The third-order valence-electron chi connectivity index (χ3n) is 2.48. The summed E-state index contributed by atoms with van der Waals surface area (Å²) in [5.41, 5.74) is 2.14. The van der Waals surface area contributed by atoms with Crippen molar-refractivity contribution < 1.29 is 4.74 Å². The average Bonchev–Trinajstić information content (AvgIpc) is 2.48. The molecule has 0 radical (unpaired) electrons. The highest BCUT2D eigenvalue weighted by Gasteiger charge is 2.17. The van der Waals surface area contributed by atoms with Gasteiger partial charge in [-0.25, -0.2) is 0 Å². The van der Waals surface area contributed by atoms with Crippen molar-refractivity contribution in [2.45, 2.75) is 0 Å².